The first-order valence-electron chi connectivity index (χ1n) is 9.91. The van der Waals surface area contributed by atoms with Crippen molar-refractivity contribution in [2.45, 2.75) is 6.42 Å². The quantitative estimate of drug-likeness (QED) is 0.635. The van der Waals surface area contributed by atoms with Gasteiger partial charge in [-0.05, 0) is 49.4 Å². The molecule has 3 rings (SSSR count). The highest BCUT2D eigenvalue weighted by Crippen LogP contribution is 2.25. The molecule has 1 fully saturated rings. The minimum atomic E-state index is -0.122. The third-order valence-corrected chi connectivity index (χ3v) is 5.22. The Morgan fingerprint density at radius 3 is 2.41 bits per heavy atom. The van der Waals surface area contributed by atoms with Gasteiger partial charge in [0.1, 0.15) is 0 Å². The van der Waals surface area contributed by atoms with E-state index in [0.717, 1.165) is 44.2 Å². The number of para-hydroxylation sites is 2. The highest BCUT2D eigenvalue weighted by molar-refractivity contribution is 6.30. The molecule has 1 N–H and O–H groups in total. The number of methoxy groups -OCH3 is 1. The average Bonchev–Trinajstić information content (AvgIpc) is 2.76. The molecule has 0 radical (unpaired) electrons. The topological polar surface area (TPSA) is 54.0 Å². The molecule has 0 atom stereocenters. The molecule has 7 heteroatoms. The number of nitrogens with one attached hydrogen (secondary N) is 1. The number of anilines is 1. The van der Waals surface area contributed by atoms with E-state index in [1.54, 1.807) is 19.2 Å². The first-order valence-corrected chi connectivity index (χ1v) is 10.3. The molecular formula is C22H28ClN3O3. The van der Waals surface area contributed by atoms with Crippen LogP contribution in [0.3, 0.4) is 0 Å². The Labute approximate surface area is 177 Å². The lowest BCUT2D eigenvalue weighted by atomic mass is 10.2. The first kappa shape index (κ1) is 21.3. The molecule has 29 heavy (non-hydrogen) atoms. The Morgan fingerprint density at radius 1 is 1.03 bits per heavy atom. The summed E-state index contributed by atoms with van der Waals surface area (Å²) in [5.74, 6) is 1.07. The van der Waals surface area contributed by atoms with Crippen molar-refractivity contribution in [3.8, 4) is 11.5 Å². The molecule has 0 aromatic heterocycles. The predicted molar refractivity (Wildman–Crippen MR) is 116 cm³/mol. The van der Waals surface area contributed by atoms with Gasteiger partial charge in [0, 0.05) is 43.4 Å². The average molecular weight is 418 g/mol. The van der Waals surface area contributed by atoms with Gasteiger partial charge < -0.3 is 19.7 Å². The molecule has 2 aromatic rings. The third-order valence-electron chi connectivity index (χ3n) is 4.97. The molecule has 0 unspecified atom stereocenters. The molecule has 1 aliphatic heterocycles. The monoisotopic (exact) mass is 417 g/mol. The number of carbonyl (C=O) groups excluding carboxylic acids is 1. The Kier molecular flexibility index (Phi) is 8.02. The summed E-state index contributed by atoms with van der Waals surface area (Å²) in [6, 6.07) is 15.3. The van der Waals surface area contributed by atoms with Crippen LogP contribution in [0, 0.1) is 0 Å². The summed E-state index contributed by atoms with van der Waals surface area (Å²) >= 11 is 5.96. The summed E-state index contributed by atoms with van der Waals surface area (Å²) in [5, 5.41) is 3.68. The van der Waals surface area contributed by atoms with Crippen molar-refractivity contribution in [3.63, 3.8) is 0 Å². The van der Waals surface area contributed by atoms with E-state index in [2.05, 4.69) is 27.2 Å². The molecule has 1 heterocycles. The van der Waals surface area contributed by atoms with E-state index in [0.29, 0.717) is 18.0 Å². The van der Waals surface area contributed by atoms with Crippen molar-refractivity contribution in [1.82, 2.24) is 10.2 Å². The second kappa shape index (κ2) is 10.9. The van der Waals surface area contributed by atoms with Crippen molar-refractivity contribution in [1.29, 1.82) is 0 Å². The van der Waals surface area contributed by atoms with Gasteiger partial charge in [-0.2, -0.15) is 0 Å². The number of carbonyl (C=O) groups is 1. The van der Waals surface area contributed by atoms with Crippen LogP contribution in [0.25, 0.3) is 0 Å². The summed E-state index contributed by atoms with van der Waals surface area (Å²) in [7, 11) is 1.58. The molecule has 1 saturated heterocycles. The van der Waals surface area contributed by atoms with Crippen LogP contribution in [0.1, 0.15) is 6.42 Å². The van der Waals surface area contributed by atoms with Crippen LogP contribution in [-0.4, -0.2) is 63.8 Å². The van der Waals surface area contributed by atoms with E-state index in [9.17, 15) is 4.79 Å². The molecule has 2 aromatic carbocycles. The minimum absolute atomic E-state index is 0.0138. The molecule has 0 saturated carbocycles. The Hall–Kier alpha value is -2.44. The number of benzene rings is 2. The van der Waals surface area contributed by atoms with Gasteiger partial charge in [0.2, 0.25) is 0 Å². The van der Waals surface area contributed by atoms with Crippen molar-refractivity contribution < 1.29 is 14.3 Å². The van der Waals surface area contributed by atoms with Crippen LogP contribution in [0.15, 0.2) is 48.5 Å². The van der Waals surface area contributed by atoms with Gasteiger partial charge in [-0.25, -0.2) is 0 Å². The number of piperazine rings is 1. The fourth-order valence-corrected chi connectivity index (χ4v) is 3.47. The fraction of sp³-hybridized carbons (Fsp3) is 0.409. The third kappa shape index (κ3) is 6.54. The highest BCUT2D eigenvalue weighted by atomic mass is 35.5. The Morgan fingerprint density at radius 2 is 1.72 bits per heavy atom. The molecule has 0 aliphatic carbocycles. The minimum Gasteiger partial charge on any atom is -0.493 e. The van der Waals surface area contributed by atoms with Crippen molar-refractivity contribution in [2.24, 2.45) is 0 Å². The molecule has 1 aliphatic rings. The number of hydrogen-bond acceptors (Lipinski definition) is 5. The number of amides is 1. The van der Waals surface area contributed by atoms with Gasteiger partial charge in [-0.3, -0.25) is 9.69 Å². The van der Waals surface area contributed by atoms with Crippen LogP contribution in [0.5, 0.6) is 11.5 Å². The summed E-state index contributed by atoms with van der Waals surface area (Å²) in [5.41, 5.74) is 1.22. The predicted octanol–water partition coefficient (Wildman–Crippen LogP) is 3.06. The molecular weight excluding hydrogens is 390 g/mol. The zero-order valence-corrected chi connectivity index (χ0v) is 17.5. The van der Waals surface area contributed by atoms with Crippen LogP contribution >= 0.6 is 11.6 Å². The Bertz CT molecular complexity index is 777. The number of hydrogen-bond donors (Lipinski definition) is 1. The second-order valence-corrected chi connectivity index (χ2v) is 7.38. The van der Waals surface area contributed by atoms with Crippen LogP contribution in [0.4, 0.5) is 5.69 Å². The molecule has 0 spiro atoms. The van der Waals surface area contributed by atoms with E-state index < -0.39 is 0 Å². The Balaban J connectivity index is 1.29. The van der Waals surface area contributed by atoms with E-state index in [4.69, 9.17) is 21.1 Å². The van der Waals surface area contributed by atoms with Crippen molar-refractivity contribution in [2.75, 3.05) is 57.9 Å². The van der Waals surface area contributed by atoms with Crippen molar-refractivity contribution >= 4 is 23.2 Å². The normalized spacial score (nSPS) is 14.5. The lowest BCUT2D eigenvalue weighted by Crippen LogP contribution is -2.47. The van der Waals surface area contributed by atoms with E-state index in [1.807, 2.05) is 24.3 Å². The summed E-state index contributed by atoms with van der Waals surface area (Å²) < 4.78 is 10.7. The number of ether oxygens (including phenoxy) is 2. The maximum atomic E-state index is 12.0. The van der Waals surface area contributed by atoms with Gasteiger partial charge in [0.25, 0.3) is 5.91 Å². The largest absolute Gasteiger partial charge is 0.493 e. The van der Waals surface area contributed by atoms with Crippen LogP contribution in [0.2, 0.25) is 5.02 Å². The maximum Gasteiger partial charge on any atom is 0.257 e. The molecule has 6 nitrogen and oxygen atoms in total. The highest BCUT2D eigenvalue weighted by Gasteiger charge is 2.16. The van der Waals surface area contributed by atoms with Gasteiger partial charge in [0.05, 0.1) is 7.11 Å². The van der Waals surface area contributed by atoms with E-state index >= 15 is 0 Å². The maximum absolute atomic E-state index is 12.0. The van der Waals surface area contributed by atoms with E-state index in [1.165, 1.54) is 5.69 Å². The number of rotatable bonds is 9. The lowest BCUT2D eigenvalue weighted by Gasteiger charge is -2.36. The lowest BCUT2D eigenvalue weighted by molar-refractivity contribution is -0.123. The summed E-state index contributed by atoms with van der Waals surface area (Å²) in [6.07, 6.45) is 0.918. The van der Waals surface area contributed by atoms with Crippen LogP contribution in [-0.2, 0) is 4.79 Å². The summed E-state index contributed by atoms with van der Waals surface area (Å²) in [6.45, 7) is 5.65. The van der Waals surface area contributed by atoms with Gasteiger partial charge >= 0.3 is 0 Å². The number of halogens is 1. The zero-order chi connectivity index (χ0) is 20.5. The number of nitrogens with zero attached hydrogens (tertiary/aromatic N) is 2. The first-order chi connectivity index (χ1) is 14.2. The van der Waals surface area contributed by atoms with Crippen molar-refractivity contribution in [3.05, 3.63) is 53.6 Å². The second-order valence-electron chi connectivity index (χ2n) is 6.95. The van der Waals surface area contributed by atoms with Gasteiger partial charge in [0.15, 0.2) is 18.1 Å². The zero-order valence-electron chi connectivity index (χ0n) is 16.8. The molecule has 1 amide bonds. The van der Waals surface area contributed by atoms with Crippen LogP contribution < -0.4 is 19.7 Å². The molecule has 156 valence electrons. The van der Waals surface area contributed by atoms with Gasteiger partial charge in [-0.1, -0.05) is 23.7 Å². The summed E-state index contributed by atoms with van der Waals surface area (Å²) in [4.78, 5) is 16.8. The fourth-order valence-electron chi connectivity index (χ4n) is 3.34. The van der Waals surface area contributed by atoms with E-state index in [-0.39, 0.29) is 12.5 Å². The SMILES string of the molecule is COc1ccccc1OCC(=O)NCCCN1CCN(c2ccc(Cl)cc2)CC1. The standard InChI is InChI=1S/C22H28ClN3O3/c1-28-20-5-2-3-6-21(20)29-17-22(27)24-11-4-12-25-13-15-26(16-14-25)19-9-7-18(23)8-10-19/h2-3,5-10H,4,11-17H2,1H3,(H,24,27). The molecule has 0 bridgehead atoms. The smallest absolute Gasteiger partial charge is 0.257 e. The van der Waals surface area contributed by atoms with Gasteiger partial charge in [-0.15, -0.1) is 0 Å².